The van der Waals surface area contributed by atoms with Gasteiger partial charge in [-0.1, -0.05) is 37.2 Å². The molecule has 1 aliphatic heterocycles. The Bertz CT molecular complexity index is 1420. The fourth-order valence-electron chi connectivity index (χ4n) is 4.46. The lowest BCUT2D eigenvalue weighted by atomic mass is 9.94. The summed E-state index contributed by atoms with van der Waals surface area (Å²) in [5.74, 6) is 3.40. The molecule has 0 N–H and O–H groups in total. The predicted molar refractivity (Wildman–Crippen MR) is 133 cm³/mol. The minimum absolute atomic E-state index is 0.180. The van der Waals surface area contributed by atoms with Gasteiger partial charge in [0, 0.05) is 18.7 Å². The molecule has 2 atom stereocenters. The SMILES string of the molecule is C#CCn1c(=NC(=O)c2ccc(S(=O)(=O)N3CC(C)CC(C)C3)cc2)sc2cccc(OC)c21. The Labute approximate surface area is 203 Å². The fraction of sp³-hybridized carbons (Fsp3) is 0.360. The van der Waals surface area contributed by atoms with Crippen molar-refractivity contribution in [2.45, 2.75) is 31.7 Å². The summed E-state index contributed by atoms with van der Waals surface area (Å²) in [5.41, 5.74) is 1.09. The van der Waals surface area contributed by atoms with Gasteiger partial charge < -0.3 is 9.30 Å². The molecule has 0 spiro atoms. The Kier molecular flexibility index (Phi) is 6.94. The van der Waals surface area contributed by atoms with Gasteiger partial charge in [-0.25, -0.2) is 8.42 Å². The van der Waals surface area contributed by atoms with Crippen LogP contribution in [0.25, 0.3) is 10.2 Å². The predicted octanol–water partition coefficient (Wildman–Crippen LogP) is 3.75. The number of piperidine rings is 1. The number of fused-ring (bicyclic) bond motifs is 1. The number of ether oxygens (including phenoxy) is 1. The number of sulfonamides is 1. The van der Waals surface area contributed by atoms with Gasteiger partial charge in [-0.3, -0.25) is 4.79 Å². The molecule has 1 aromatic heterocycles. The van der Waals surface area contributed by atoms with Crippen LogP contribution < -0.4 is 9.54 Å². The van der Waals surface area contributed by atoms with E-state index in [0.717, 1.165) is 16.6 Å². The first-order valence-electron chi connectivity index (χ1n) is 11.0. The van der Waals surface area contributed by atoms with Crippen LogP contribution in [0.3, 0.4) is 0 Å². The summed E-state index contributed by atoms with van der Waals surface area (Å²) in [6.07, 6.45) is 6.57. The molecule has 34 heavy (non-hydrogen) atoms. The molecule has 7 nitrogen and oxygen atoms in total. The van der Waals surface area contributed by atoms with E-state index in [2.05, 4.69) is 24.8 Å². The molecule has 9 heteroatoms. The average Bonchev–Trinajstić information content (AvgIpc) is 3.15. The van der Waals surface area contributed by atoms with Crippen LogP contribution >= 0.6 is 11.3 Å². The smallest absolute Gasteiger partial charge is 0.279 e. The molecular weight excluding hydrogens is 470 g/mol. The number of para-hydroxylation sites is 1. The minimum atomic E-state index is -3.61. The van der Waals surface area contributed by atoms with Crippen LogP contribution in [0.1, 0.15) is 30.6 Å². The van der Waals surface area contributed by atoms with Crippen molar-refractivity contribution in [1.29, 1.82) is 0 Å². The number of rotatable bonds is 5. The third-order valence-electron chi connectivity index (χ3n) is 5.90. The zero-order chi connectivity index (χ0) is 24.5. The maximum absolute atomic E-state index is 13.1. The van der Waals surface area contributed by atoms with Crippen molar-refractivity contribution in [3.05, 3.63) is 52.8 Å². The minimum Gasteiger partial charge on any atom is -0.495 e. The quantitative estimate of drug-likeness (QED) is 0.503. The van der Waals surface area contributed by atoms with Gasteiger partial charge in [0.15, 0.2) is 4.80 Å². The Morgan fingerprint density at radius 1 is 1.18 bits per heavy atom. The summed E-state index contributed by atoms with van der Waals surface area (Å²) in [6, 6.07) is 11.6. The number of terminal acetylenes is 1. The number of thiazole rings is 1. The molecule has 3 aromatic rings. The van der Waals surface area contributed by atoms with E-state index >= 15 is 0 Å². The van der Waals surface area contributed by atoms with Gasteiger partial charge in [0.2, 0.25) is 10.0 Å². The highest BCUT2D eigenvalue weighted by Gasteiger charge is 2.31. The highest BCUT2D eigenvalue weighted by molar-refractivity contribution is 7.89. The Morgan fingerprint density at radius 3 is 2.47 bits per heavy atom. The molecule has 178 valence electrons. The van der Waals surface area contributed by atoms with E-state index in [1.54, 1.807) is 16.0 Å². The molecule has 4 rings (SSSR count). The molecule has 2 unspecified atom stereocenters. The molecule has 1 saturated heterocycles. The van der Waals surface area contributed by atoms with Crippen LogP contribution in [-0.2, 0) is 16.6 Å². The number of methoxy groups -OCH3 is 1. The van der Waals surface area contributed by atoms with E-state index in [0.29, 0.717) is 41.0 Å². The van der Waals surface area contributed by atoms with E-state index in [1.807, 2.05) is 18.2 Å². The molecule has 2 heterocycles. The van der Waals surface area contributed by atoms with Crippen LogP contribution in [0.5, 0.6) is 5.75 Å². The van der Waals surface area contributed by atoms with E-state index in [4.69, 9.17) is 11.2 Å². The van der Waals surface area contributed by atoms with Crippen molar-refractivity contribution in [2.75, 3.05) is 20.2 Å². The standard InChI is InChI=1S/C25H27N3O4S2/c1-5-13-28-23-21(32-4)7-6-8-22(23)33-25(28)26-24(29)19-9-11-20(12-10-19)34(30,31)27-15-17(2)14-18(3)16-27/h1,6-12,17-18H,13-16H2,2-4H3. The summed E-state index contributed by atoms with van der Waals surface area (Å²) in [6.45, 7) is 5.38. The van der Waals surface area contributed by atoms with Crippen LogP contribution in [0.2, 0.25) is 0 Å². The third kappa shape index (κ3) is 4.67. The third-order valence-corrected chi connectivity index (χ3v) is 8.79. The number of amides is 1. The van der Waals surface area contributed by atoms with Crippen molar-refractivity contribution in [3.8, 4) is 18.1 Å². The van der Waals surface area contributed by atoms with Crippen LogP contribution in [-0.4, -0.2) is 43.4 Å². The van der Waals surface area contributed by atoms with Crippen molar-refractivity contribution >= 4 is 37.5 Å². The molecule has 1 fully saturated rings. The van der Waals surface area contributed by atoms with Crippen LogP contribution in [0.15, 0.2) is 52.4 Å². The molecule has 1 amide bonds. The molecule has 0 radical (unpaired) electrons. The number of hydrogen-bond acceptors (Lipinski definition) is 5. The van der Waals surface area contributed by atoms with Crippen LogP contribution in [0.4, 0.5) is 0 Å². The Balaban J connectivity index is 1.66. The van der Waals surface area contributed by atoms with E-state index in [9.17, 15) is 13.2 Å². The second-order valence-electron chi connectivity index (χ2n) is 8.69. The first-order valence-corrected chi connectivity index (χ1v) is 13.3. The zero-order valence-corrected chi connectivity index (χ0v) is 21.0. The second kappa shape index (κ2) is 9.74. The number of carbonyl (C=O) groups excluding carboxylic acids is 1. The number of aromatic nitrogens is 1. The van der Waals surface area contributed by atoms with Gasteiger partial charge >= 0.3 is 0 Å². The maximum Gasteiger partial charge on any atom is 0.279 e. The highest BCUT2D eigenvalue weighted by Crippen LogP contribution is 2.28. The number of benzene rings is 2. The van der Waals surface area contributed by atoms with Gasteiger partial charge in [-0.05, 0) is 54.7 Å². The van der Waals surface area contributed by atoms with E-state index < -0.39 is 15.9 Å². The lowest BCUT2D eigenvalue weighted by Gasteiger charge is -2.34. The molecular formula is C25H27N3O4S2. The van der Waals surface area contributed by atoms with Gasteiger partial charge in [-0.15, -0.1) is 6.42 Å². The number of hydrogen-bond donors (Lipinski definition) is 0. The van der Waals surface area contributed by atoms with E-state index in [-0.39, 0.29) is 11.4 Å². The molecule has 0 bridgehead atoms. The summed E-state index contributed by atoms with van der Waals surface area (Å²) in [7, 11) is -2.04. The van der Waals surface area contributed by atoms with Crippen molar-refractivity contribution in [1.82, 2.24) is 8.87 Å². The van der Waals surface area contributed by atoms with Gasteiger partial charge in [-0.2, -0.15) is 9.30 Å². The van der Waals surface area contributed by atoms with Gasteiger partial charge in [0.05, 0.1) is 23.2 Å². The monoisotopic (exact) mass is 497 g/mol. The number of nitrogens with zero attached hydrogens (tertiary/aromatic N) is 3. The molecule has 0 aliphatic carbocycles. The topological polar surface area (TPSA) is 81.0 Å². The Hall–Kier alpha value is -2.93. The summed E-state index contributed by atoms with van der Waals surface area (Å²) in [4.78, 5) is 17.9. The lowest BCUT2D eigenvalue weighted by Crippen LogP contribution is -2.42. The average molecular weight is 498 g/mol. The second-order valence-corrected chi connectivity index (χ2v) is 11.6. The van der Waals surface area contributed by atoms with Crippen LogP contribution in [0, 0.1) is 24.2 Å². The summed E-state index contributed by atoms with van der Waals surface area (Å²) < 4.78 is 35.9. The van der Waals surface area contributed by atoms with Gasteiger partial charge in [0.25, 0.3) is 5.91 Å². The van der Waals surface area contributed by atoms with E-state index in [1.165, 1.54) is 35.6 Å². The normalized spacial score (nSPS) is 19.8. The first kappa shape index (κ1) is 24.2. The zero-order valence-electron chi connectivity index (χ0n) is 19.4. The number of carbonyl (C=O) groups is 1. The fourth-order valence-corrected chi connectivity index (χ4v) is 7.18. The highest BCUT2D eigenvalue weighted by atomic mass is 32.2. The molecule has 0 saturated carbocycles. The Morgan fingerprint density at radius 2 is 1.85 bits per heavy atom. The molecule has 2 aromatic carbocycles. The van der Waals surface area contributed by atoms with Crippen molar-refractivity contribution < 1.29 is 17.9 Å². The lowest BCUT2D eigenvalue weighted by molar-refractivity contribution is 0.0997. The summed E-state index contributed by atoms with van der Waals surface area (Å²) in [5, 5.41) is 0. The largest absolute Gasteiger partial charge is 0.495 e. The van der Waals surface area contributed by atoms with Crippen molar-refractivity contribution in [2.24, 2.45) is 16.8 Å². The summed E-state index contributed by atoms with van der Waals surface area (Å²) >= 11 is 1.34. The maximum atomic E-state index is 13.1. The molecule has 1 aliphatic rings. The van der Waals surface area contributed by atoms with Gasteiger partial charge in [0.1, 0.15) is 11.3 Å². The first-order chi connectivity index (χ1) is 16.2. The van der Waals surface area contributed by atoms with Crippen molar-refractivity contribution in [3.63, 3.8) is 0 Å².